The van der Waals surface area contributed by atoms with Gasteiger partial charge in [-0.05, 0) is 5.92 Å². The molecule has 0 bridgehead atoms. The van der Waals surface area contributed by atoms with Crippen molar-refractivity contribution >= 4 is 48.2 Å². The van der Waals surface area contributed by atoms with E-state index >= 15 is 0 Å². The van der Waals surface area contributed by atoms with Crippen LogP contribution in [0.15, 0.2) is 0 Å². The van der Waals surface area contributed by atoms with Crippen LogP contribution in [0, 0.1) is 5.92 Å². The topological polar surface area (TPSA) is 231 Å². The van der Waals surface area contributed by atoms with Crippen LogP contribution in [0.3, 0.4) is 0 Å². The van der Waals surface area contributed by atoms with Crippen molar-refractivity contribution in [2.24, 2.45) is 17.4 Å². The SMILES string of the molecule is CC(C)C(NC(=O)C(N)CS)C(=O)NC(CC(=O)O)C(=O)NC(CC(N)=O)C(=O)O. The number of nitrogens with two attached hydrogens (primary N) is 2. The molecule has 13 nitrogen and oxygen atoms in total. The second-order valence-corrected chi connectivity index (χ2v) is 7.11. The predicted octanol–water partition coefficient (Wildman–Crippen LogP) is -3.21. The summed E-state index contributed by atoms with van der Waals surface area (Å²) in [4.78, 5) is 70.1. The molecule has 0 aliphatic heterocycles. The molecule has 9 N–H and O–H groups in total. The molecular formula is C16H27N5O8S. The van der Waals surface area contributed by atoms with Crippen LogP contribution in [0.5, 0.6) is 0 Å². The van der Waals surface area contributed by atoms with E-state index in [1.54, 1.807) is 13.8 Å². The summed E-state index contributed by atoms with van der Waals surface area (Å²) in [6.07, 6.45) is -1.61. The quantitative estimate of drug-likeness (QED) is 0.132. The number of amides is 4. The number of hydrogen-bond donors (Lipinski definition) is 8. The molecule has 0 fully saturated rings. The van der Waals surface area contributed by atoms with Crippen molar-refractivity contribution in [2.75, 3.05) is 5.75 Å². The maximum Gasteiger partial charge on any atom is 0.326 e. The lowest BCUT2D eigenvalue weighted by molar-refractivity contribution is -0.145. The van der Waals surface area contributed by atoms with Gasteiger partial charge in [0, 0.05) is 5.75 Å². The molecule has 0 aromatic carbocycles. The van der Waals surface area contributed by atoms with Gasteiger partial charge in [0.25, 0.3) is 0 Å². The summed E-state index contributed by atoms with van der Waals surface area (Å²) in [5, 5.41) is 24.6. The molecule has 0 heterocycles. The average Bonchev–Trinajstić information content (AvgIpc) is 2.62. The number of rotatable bonds is 13. The van der Waals surface area contributed by atoms with E-state index < -0.39 is 78.5 Å². The molecule has 0 saturated carbocycles. The van der Waals surface area contributed by atoms with Gasteiger partial charge >= 0.3 is 11.9 Å². The summed E-state index contributed by atoms with van der Waals surface area (Å²) in [6.45, 7) is 3.19. The highest BCUT2D eigenvalue weighted by Crippen LogP contribution is 2.05. The van der Waals surface area contributed by atoms with Crippen LogP contribution in [-0.4, -0.2) is 75.7 Å². The van der Waals surface area contributed by atoms with Crippen LogP contribution in [0.4, 0.5) is 0 Å². The van der Waals surface area contributed by atoms with Gasteiger partial charge in [0.15, 0.2) is 0 Å². The molecule has 4 atom stereocenters. The van der Waals surface area contributed by atoms with Crippen molar-refractivity contribution in [1.29, 1.82) is 0 Å². The maximum absolute atomic E-state index is 12.6. The Morgan fingerprint density at radius 3 is 1.80 bits per heavy atom. The summed E-state index contributed by atoms with van der Waals surface area (Å²) >= 11 is 3.89. The first kappa shape index (κ1) is 27.1. The minimum Gasteiger partial charge on any atom is -0.481 e. The van der Waals surface area contributed by atoms with Crippen LogP contribution in [0.1, 0.15) is 26.7 Å². The molecule has 0 rings (SSSR count). The maximum atomic E-state index is 12.6. The standard InChI is InChI=1S/C16H27N5O8S/c1-6(2)12(21-13(25)7(17)5-30)15(27)19-8(4-11(23)24)14(26)20-9(16(28)29)3-10(18)22/h6-9,12,30H,3-5,17H2,1-2H3,(H2,18,22)(H,19,27)(H,20,26)(H,21,25)(H,23,24)(H,28,29). The van der Waals surface area contributed by atoms with E-state index in [2.05, 4.69) is 23.3 Å². The molecule has 170 valence electrons. The van der Waals surface area contributed by atoms with Gasteiger partial charge in [0.05, 0.1) is 18.9 Å². The average molecular weight is 449 g/mol. The van der Waals surface area contributed by atoms with Gasteiger partial charge in [0.1, 0.15) is 18.1 Å². The van der Waals surface area contributed by atoms with Gasteiger partial charge in [-0.25, -0.2) is 4.79 Å². The van der Waals surface area contributed by atoms with Gasteiger partial charge in [-0.3, -0.25) is 24.0 Å². The molecule has 0 aliphatic rings. The number of carbonyl (C=O) groups is 6. The van der Waals surface area contributed by atoms with E-state index in [-0.39, 0.29) is 5.75 Å². The number of carboxylic acid groups (broad SMARTS) is 2. The lowest BCUT2D eigenvalue weighted by Crippen LogP contribution is -2.59. The van der Waals surface area contributed by atoms with Crippen molar-refractivity contribution in [3.63, 3.8) is 0 Å². The van der Waals surface area contributed by atoms with E-state index in [1.165, 1.54) is 0 Å². The zero-order valence-corrected chi connectivity index (χ0v) is 17.3. The molecule has 0 saturated heterocycles. The molecule has 4 amide bonds. The number of thiol groups is 1. The summed E-state index contributed by atoms with van der Waals surface area (Å²) < 4.78 is 0. The summed E-state index contributed by atoms with van der Waals surface area (Å²) in [5.74, 6) is -7.20. The van der Waals surface area contributed by atoms with E-state index in [0.29, 0.717) is 0 Å². The third-order valence-corrected chi connectivity index (χ3v) is 4.21. The van der Waals surface area contributed by atoms with Crippen LogP contribution >= 0.6 is 12.6 Å². The molecule has 0 aliphatic carbocycles. The zero-order valence-electron chi connectivity index (χ0n) is 16.5. The van der Waals surface area contributed by atoms with Crippen LogP contribution in [0.25, 0.3) is 0 Å². The molecular weight excluding hydrogens is 422 g/mol. The van der Waals surface area contributed by atoms with Crippen molar-refractivity contribution in [1.82, 2.24) is 16.0 Å². The number of primary amides is 1. The molecule has 0 aromatic rings. The first-order valence-electron chi connectivity index (χ1n) is 8.80. The number of hydrogen-bond acceptors (Lipinski definition) is 8. The Balaban J connectivity index is 5.45. The fourth-order valence-electron chi connectivity index (χ4n) is 2.20. The highest BCUT2D eigenvalue weighted by molar-refractivity contribution is 7.80. The van der Waals surface area contributed by atoms with Crippen LogP contribution in [0.2, 0.25) is 0 Å². The van der Waals surface area contributed by atoms with E-state index in [4.69, 9.17) is 21.7 Å². The highest BCUT2D eigenvalue weighted by Gasteiger charge is 2.33. The predicted molar refractivity (Wildman–Crippen MR) is 106 cm³/mol. The number of nitrogens with one attached hydrogen (secondary N) is 3. The van der Waals surface area contributed by atoms with E-state index in [9.17, 15) is 28.8 Å². The smallest absolute Gasteiger partial charge is 0.326 e. The monoisotopic (exact) mass is 449 g/mol. The Morgan fingerprint density at radius 1 is 0.867 bits per heavy atom. The first-order valence-corrected chi connectivity index (χ1v) is 9.43. The highest BCUT2D eigenvalue weighted by atomic mass is 32.1. The molecule has 0 aromatic heterocycles. The summed E-state index contributed by atoms with van der Waals surface area (Å²) in [6, 6.07) is -5.54. The second kappa shape index (κ2) is 12.6. The Kier molecular flexibility index (Phi) is 11.4. The normalized spacial score (nSPS) is 14.7. The largest absolute Gasteiger partial charge is 0.481 e. The van der Waals surface area contributed by atoms with Crippen LogP contribution in [-0.2, 0) is 28.8 Å². The van der Waals surface area contributed by atoms with Gasteiger partial charge in [0.2, 0.25) is 23.6 Å². The van der Waals surface area contributed by atoms with Crippen molar-refractivity contribution in [3.05, 3.63) is 0 Å². The van der Waals surface area contributed by atoms with Gasteiger partial charge < -0.3 is 37.6 Å². The van der Waals surface area contributed by atoms with E-state index in [0.717, 1.165) is 0 Å². The molecule has 0 radical (unpaired) electrons. The molecule has 14 heteroatoms. The first-order chi connectivity index (χ1) is 13.8. The van der Waals surface area contributed by atoms with Crippen molar-refractivity contribution in [3.8, 4) is 0 Å². The molecule has 0 spiro atoms. The Labute approximate surface area is 177 Å². The minimum atomic E-state index is -1.71. The van der Waals surface area contributed by atoms with Gasteiger partial charge in [-0.1, -0.05) is 13.8 Å². The third-order valence-electron chi connectivity index (χ3n) is 3.81. The zero-order chi connectivity index (χ0) is 23.6. The minimum absolute atomic E-state index is 0.0127. The lowest BCUT2D eigenvalue weighted by Gasteiger charge is -2.26. The fraction of sp³-hybridized carbons (Fsp3) is 0.625. The van der Waals surface area contributed by atoms with Gasteiger partial charge in [-0.15, -0.1) is 0 Å². The lowest BCUT2D eigenvalue weighted by atomic mass is 10.0. The third kappa shape index (κ3) is 9.56. The van der Waals surface area contributed by atoms with Crippen molar-refractivity contribution < 1.29 is 39.0 Å². The Hall–Kier alpha value is -2.87. The number of carbonyl (C=O) groups excluding carboxylic acids is 4. The second-order valence-electron chi connectivity index (χ2n) is 6.75. The summed E-state index contributed by atoms with van der Waals surface area (Å²) in [5.41, 5.74) is 10.5. The summed E-state index contributed by atoms with van der Waals surface area (Å²) in [7, 11) is 0. The Morgan fingerprint density at radius 2 is 1.40 bits per heavy atom. The fourth-order valence-corrected chi connectivity index (χ4v) is 2.36. The number of aliphatic carboxylic acids is 2. The van der Waals surface area contributed by atoms with E-state index in [1.807, 2.05) is 5.32 Å². The van der Waals surface area contributed by atoms with Gasteiger partial charge in [-0.2, -0.15) is 12.6 Å². The molecule has 4 unspecified atom stereocenters. The Bertz CT molecular complexity index is 687. The van der Waals surface area contributed by atoms with Crippen LogP contribution < -0.4 is 27.4 Å². The number of carboxylic acids is 2. The molecule has 30 heavy (non-hydrogen) atoms. The van der Waals surface area contributed by atoms with Crippen molar-refractivity contribution in [2.45, 2.75) is 50.9 Å².